The third-order valence-electron chi connectivity index (χ3n) is 3.69. The SMILES string of the molecule is C=CCc1c(-c2ccccc2)cccc1-c1ccccc1. The second kappa shape index (κ2) is 6.23. The van der Waals surface area contributed by atoms with Gasteiger partial charge in [0.05, 0.1) is 0 Å². The first-order chi connectivity index (χ1) is 10.4. The van der Waals surface area contributed by atoms with E-state index >= 15 is 0 Å². The third-order valence-corrected chi connectivity index (χ3v) is 3.69. The molecular formula is C21H18. The summed E-state index contributed by atoms with van der Waals surface area (Å²) in [7, 11) is 0. The van der Waals surface area contributed by atoms with Crippen LogP contribution in [0.25, 0.3) is 22.3 Å². The fourth-order valence-corrected chi connectivity index (χ4v) is 2.73. The van der Waals surface area contributed by atoms with Crippen molar-refractivity contribution in [2.45, 2.75) is 6.42 Å². The van der Waals surface area contributed by atoms with Crippen molar-refractivity contribution in [1.82, 2.24) is 0 Å². The van der Waals surface area contributed by atoms with Crippen LogP contribution < -0.4 is 0 Å². The minimum atomic E-state index is 0.870. The van der Waals surface area contributed by atoms with Crippen LogP contribution in [0, 0.1) is 0 Å². The maximum atomic E-state index is 3.93. The molecule has 3 aromatic rings. The van der Waals surface area contributed by atoms with Gasteiger partial charge in [-0.1, -0.05) is 84.9 Å². The Balaban J connectivity index is 2.20. The van der Waals surface area contributed by atoms with E-state index in [1.165, 1.54) is 27.8 Å². The molecule has 0 unspecified atom stereocenters. The van der Waals surface area contributed by atoms with Gasteiger partial charge in [-0.3, -0.25) is 0 Å². The number of hydrogen-bond donors (Lipinski definition) is 0. The summed E-state index contributed by atoms with van der Waals surface area (Å²) in [5.41, 5.74) is 6.43. The zero-order valence-corrected chi connectivity index (χ0v) is 12.0. The van der Waals surface area contributed by atoms with Crippen molar-refractivity contribution < 1.29 is 0 Å². The van der Waals surface area contributed by atoms with E-state index in [9.17, 15) is 0 Å². The van der Waals surface area contributed by atoms with Crippen LogP contribution >= 0.6 is 0 Å². The first-order valence-corrected chi connectivity index (χ1v) is 7.24. The van der Waals surface area contributed by atoms with E-state index in [-0.39, 0.29) is 0 Å². The first-order valence-electron chi connectivity index (χ1n) is 7.24. The van der Waals surface area contributed by atoms with Crippen LogP contribution in [0.4, 0.5) is 0 Å². The summed E-state index contributed by atoms with van der Waals surface area (Å²) in [6.45, 7) is 3.93. The standard InChI is InChI=1S/C21H18/c1-2-10-21-19(17-11-5-3-6-12-17)15-9-16-20(21)18-13-7-4-8-14-18/h2-9,11-16H,1,10H2. The Morgan fingerprint density at radius 3 is 1.52 bits per heavy atom. The molecule has 102 valence electrons. The van der Waals surface area contributed by atoms with Crippen molar-refractivity contribution >= 4 is 0 Å². The molecule has 0 aromatic heterocycles. The molecule has 0 atom stereocenters. The van der Waals surface area contributed by atoms with Gasteiger partial charge in [-0.2, -0.15) is 0 Å². The molecule has 0 bridgehead atoms. The Bertz CT molecular complexity index is 667. The fraction of sp³-hybridized carbons (Fsp3) is 0.0476. The van der Waals surface area contributed by atoms with Crippen LogP contribution in [-0.2, 0) is 6.42 Å². The second-order valence-electron chi connectivity index (χ2n) is 5.06. The molecule has 0 N–H and O–H groups in total. The molecule has 0 fully saturated rings. The van der Waals surface area contributed by atoms with E-state index in [2.05, 4.69) is 85.4 Å². The predicted octanol–water partition coefficient (Wildman–Crippen LogP) is 5.75. The molecule has 3 rings (SSSR count). The highest BCUT2D eigenvalue weighted by atomic mass is 14.1. The van der Waals surface area contributed by atoms with Crippen molar-refractivity contribution in [3.05, 3.63) is 97.1 Å². The van der Waals surface area contributed by atoms with Gasteiger partial charge in [-0.05, 0) is 34.2 Å². The molecule has 0 radical (unpaired) electrons. The summed E-state index contributed by atoms with van der Waals surface area (Å²) in [6, 6.07) is 27.6. The summed E-state index contributed by atoms with van der Waals surface area (Å²) in [4.78, 5) is 0. The Morgan fingerprint density at radius 2 is 1.10 bits per heavy atom. The summed E-state index contributed by atoms with van der Waals surface area (Å²) < 4.78 is 0. The maximum absolute atomic E-state index is 3.93. The molecule has 0 saturated heterocycles. The number of allylic oxidation sites excluding steroid dienone is 1. The highest BCUT2D eigenvalue weighted by Crippen LogP contribution is 2.32. The maximum Gasteiger partial charge on any atom is -0.00878 e. The molecule has 0 aliphatic heterocycles. The molecule has 0 amide bonds. The molecular weight excluding hydrogens is 252 g/mol. The third kappa shape index (κ3) is 2.80. The van der Waals surface area contributed by atoms with Crippen LogP contribution in [-0.4, -0.2) is 0 Å². The van der Waals surface area contributed by atoms with E-state index in [0.717, 1.165) is 6.42 Å². The smallest absolute Gasteiger partial charge is 0.00878 e. The number of benzene rings is 3. The van der Waals surface area contributed by atoms with E-state index in [1.807, 2.05) is 6.08 Å². The first kappa shape index (κ1) is 13.4. The van der Waals surface area contributed by atoms with Crippen molar-refractivity contribution in [2.75, 3.05) is 0 Å². The quantitative estimate of drug-likeness (QED) is 0.529. The van der Waals surface area contributed by atoms with Gasteiger partial charge in [0.25, 0.3) is 0 Å². The molecule has 0 aliphatic carbocycles. The Hall–Kier alpha value is -2.60. The predicted molar refractivity (Wildman–Crippen MR) is 91.2 cm³/mol. The Labute approximate surface area is 126 Å². The molecule has 0 spiro atoms. The van der Waals surface area contributed by atoms with Crippen molar-refractivity contribution in [3.8, 4) is 22.3 Å². The van der Waals surface area contributed by atoms with Crippen LogP contribution in [0.5, 0.6) is 0 Å². The van der Waals surface area contributed by atoms with Gasteiger partial charge < -0.3 is 0 Å². The van der Waals surface area contributed by atoms with Gasteiger partial charge in [-0.25, -0.2) is 0 Å². The minimum Gasteiger partial charge on any atom is -0.103 e. The average Bonchev–Trinajstić information content (AvgIpc) is 2.57. The lowest BCUT2D eigenvalue weighted by Gasteiger charge is -2.14. The topological polar surface area (TPSA) is 0 Å². The van der Waals surface area contributed by atoms with Crippen LogP contribution in [0.2, 0.25) is 0 Å². The van der Waals surface area contributed by atoms with Gasteiger partial charge in [-0.15, -0.1) is 6.58 Å². The lowest BCUT2D eigenvalue weighted by molar-refractivity contribution is 1.28. The second-order valence-corrected chi connectivity index (χ2v) is 5.06. The van der Waals surface area contributed by atoms with Crippen molar-refractivity contribution in [3.63, 3.8) is 0 Å². The van der Waals surface area contributed by atoms with Crippen LogP contribution in [0.3, 0.4) is 0 Å². The molecule has 0 saturated carbocycles. The summed E-state index contributed by atoms with van der Waals surface area (Å²) in [6.07, 6.45) is 2.85. The zero-order valence-electron chi connectivity index (χ0n) is 12.0. The molecule has 0 nitrogen and oxygen atoms in total. The molecule has 0 heteroatoms. The highest BCUT2D eigenvalue weighted by Gasteiger charge is 2.10. The van der Waals surface area contributed by atoms with Crippen LogP contribution in [0.1, 0.15) is 5.56 Å². The molecule has 21 heavy (non-hydrogen) atoms. The number of rotatable bonds is 4. The Kier molecular flexibility index (Phi) is 3.97. The molecule has 0 heterocycles. The molecule has 3 aromatic carbocycles. The van der Waals surface area contributed by atoms with Gasteiger partial charge in [0.2, 0.25) is 0 Å². The average molecular weight is 270 g/mol. The van der Waals surface area contributed by atoms with Crippen LogP contribution in [0.15, 0.2) is 91.5 Å². The van der Waals surface area contributed by atoms with Crippen molar-refractivity contribution in [1.29, 1.82) is 0 Å². The normalized spacial score (nSPS) is 10.3. The monoisotopic (exact) mass is 270 g/mol. The lowest BCUT2D eigenvalue weighted by atomic mass is 9.90. The fourth-order valence-electron chi connectivity index (χ4n) is 2.73. The summed E-state index contributed by atoms with van der Waals surface area (Å²) in [5.74, 6) is 0. The zero-order chi connectivity index (χ0) is 14.5. The highest BCUT2D eigenvalue weighted by molar-refractivity contribution is 5.78. The lowest BCUT2D eigenvalue weighted by Crippen LogP contribution is -1.93. The minimum absolute atomic E-state index is 0.870. The molecule has 0 aliphatic rings. The van der Waals surface area contributed by atoms with E-state index in [0.29, 0.717) is 0 Å². The van der Waals surface area contributed by atoms with E-state index < -0.39 is 0 Å². The van der Waals surface area contributed by atoms with Crippen molar-refractivity contribution in [2.24, 2.45) is 0 Å². The summed E-state index contributed by atoms with van der Waals surface area (Å²) in [5, 5.41) is 0. The Morgan fingerprint density at radius 1 is 0.619 bits per heavy atom. The number of hydrogen-bond acceptors (Lipinski definition) is 0. The van der Waals surface area contributed by atoms with Gasteiger partial charge >= 0.3 is 0 Å². The van der Waals surface area contributed by atoms with Gasteiger partial charge in [0.1, 0.15) is 0 Å². The van der Waals surface area contributed by atoms with Gasteiger partial charge in [0.15, 0.2) is 0 Å². The van der Waals surface area contributed by atoms with E-state index in [1.54, 1.807) is 0 Å². The van der Waals surface area contributed by atoms with Gasteiger partial charge in [0, 0.05) is 0 Å². The van der Waals surface area contributed by atoms with E-state index in [4.69, 9.17) is 0 Å². The largest absolute Gasteiger partial charge is 0.103 e. The summed E-state index contributed by atoms with van der Waals surface area (Å²) >= 11 is 0.